The van der Waals surface area contributed by atoms with E-state index < -0.39 is 0 Å². The number of hydrogen-bond donors (Lipinski definition) is 1. The zero-order valence-electron chi connectivity index (χ0n) is 13.5. The van der Waals surface area contributed by atoms with Gasteiger partial charge in [-0.3, -0.25) is 4.79 Å². The van der Waals surface area contributed by atoms with Crippen molar-refractivity contribution in [3.8, 4) is 0 Å². The molecule has 0 bridgehead atoms. The van der Waals surface area contributed by atoms with Crippen LogP contribution in [0.3, 0.4) is 0 Å². The SMILES string of the molecule is CCCCCC(O)CCCCCCCCCC(=O)OC. The van der Waals surface area contributed by atoms with Crippen molar-refractivity contribution in [2.45, 2.75) is 96.5 Å². The van der Waals surface area contributed by atoms with Gasteiger partial charge in [0.05, 0.1) is 13.2 Å². The minimum Gasteiger partial charge on any atom is -0.469 e. The fourth-order valence-electron chi connectivity index (χ4n) is 2.41. The highest BCUT2D eigenvalue weighted by atomic mass is 16.5. The molecule has 0 aromatic carbocycles. The zero-order valence-corrected chi connectivity index (χ0v) is 13.5. The van der Waals surface area contributed by atoms with E-state index in [4.69, 9.17) is 0 Å². The Morgan fingerprint density at radius 2 is 1.40 bits per heavy atom. The molecule has 0 amide bonds. The molecule has 3 nitrogen and oxygen atoms in total. The Labute approximate surface area is 125 Å². The minimum atomic E-state index is -0.0953. The van der Waals surface area contributed by atoms with Crippen molar-refractivity contribution in [3.05, 3.63) is 0 Å². The Balaban J connectivity index is 3.14. The highest BCUT2D eigenvalue weighted by Crippen LogP contribution is 2.13. The minimum absolute atomic E-state index is 0.0818. The lowest BCUT2D eigenvalue weighted by Gasteiger charge is -2.09. The summed E-state index contributed by atoms with van der Waals surface area (Å²) in [5.74, 6) is -0.0953. The van der Waals surface area contributed by atoms with Gasteiger partial charge in [-0.15, -0.1) is 0 Å². The molecule has 0 radical (unpaired) electrons. The molecule has 0 saturated heterocycles. The standard InChI is InChI=1S/C17H34O3/c1-3-4-10-13-16(18)14-11-8-6-5-7-9-12-15-17(19)20-2/h16,18H,3-15H2,1-2H3. The monoisotopic (exact) mass is 286 g/mol. The van der Waals surface area contributed by atoms with E-state index in [0.717, 1.165) is 38.5 Å². The van der Waals surface area contributed by atoms with Crippen molar-refractivity contribution in [2.24, 2.45) is 0 Å². The molecule has 3 heteroatoms. The number of carbonyl (C=O) groups is 1. The van der Waals surface area contributed by atoms with Crippen LogP contribution in [0.4, 0.5) is 0 Å². The number of rotatable bonds is 14. The lowest BCUT2D eigenvalue weighted by Crippen LogP contribution is -2.05. The molecule has 0 rings (SSSR count). The Hall–Kier alpha value is -0.570. The lowest BCUT2D eigenvalue weighted by molar-refractivity contribution is -0.140. The van der Waals surface area contributed by atoms with Crippen LogP contribution in [-0.2, 0) is 9.53 Å². The third-order valence-electron chi connectivity index (χ3n) is 3.79. The van der Waals surface area contributed by atoms with Gasteiger partial charge in [-0.25, -0.2) is 0 Å². The Morgan fingerprint density at radius 1 is 0.900 bits per heavy atom. The zero-order chi connectivity index (χ0) is 15.1. The Kier molecular flexibility index (Phi) is 14.4. The predicted octanol–water partition coefficient (Wildman–Crippen LogP) is 4.61. The molecule has 0 aromatic rings. The summed E-state index contributed by atoms with van der Waals surface area (Å²) in [5, 5.41) is 9.78. The van der Waals surface area contributed by atoms with Gasteiger partial charge in [-0.1, -0.05) is 64.7 Å². The smallest absolute Gasteiger partial charge is 0.305 e. The van der Waals surface area contributed by atoms with Gasteiger partial charge in [0, 0.05) is 6.42 Å². The van der Waals surface area contributed by atoms with Crippen molar-refractivity contribution < 1.29 is 14.6 Å². The molecule has 0 heterocycles. The van der Waals surface area contributed by atoms with Gasteiger partial charge in [0.25, 0.3) is 0 Å². The number of methoxy groups -OCH3 is 1. The molecule has 1 N–H and O–H groups in total. The average Bonchev–Trinajstić information content (AvgIpc) is 2.45. The first-order valence-corrected chi connectivity index (χ1v) is 8.45. The molecule has 120 valence electrons. The highest BCUT2D eigenvalue weighted by molar-refractivity contribution is 5.68. The van der Waals surface area contributed by atoms with Crippen LogP contribution in [0.15, 0.2) is 0 Å². The van der Waals surface area contributed by atoms with E-state index in [1.165, 1.54) is 45.6 Å². The van der Waals surface area contributed by atoms with Crippen LogP contribution >= 0.6 is 0 Å². The van der Waals surface area contributed by atoms with Gasteiger partial charge in [0.2, 0.25) is 0 Å². The van der Waals surface area contributed by atoms with E-state index in [9.17, 15) is 9.90 Å². The molecule has 0 spiro atoms. The third-order valence-corrected chi connectivity index (χ3v) is 3.79. The fraction of sp³-hybridized carbons (Fsp3) is 0.941. The molecule has 0 saturated carbocycles. The van der Waals surface area contributed by atoms with Crippen LogP contribution < -0.4 is 0 Å². The topological polar surface area (TPSA) is 46.5 Å². The first-order chi connectivity index (χ1) is 9.70. The normalized spacial score (nSPS) is 12.3. The van der Waals surface area contributed by atoms with Crippen LogP contribution in [0.5, 0.6) is 0 Å². The maximum absolute atomic E-state index is 10.9. The number of ether oxygens (including phenoxy) is 1. The number of unbranched alkanes of at least 4 members (excludes halogenated alkanes) is 8. The summed E-state index contributed by atoms with van der Waals surface area (Å²) in [4.78, 5) is 10.9. The first-order valence-electron chi connectivity index (χ1n) is 8.45. The molecule has 1 unspecified atom stereocenters. The van der Waals surface area contributed by atoms with Gasteiger partial charge < -0.3 is 9.84 Å². The number of hydrogen-bond acceptors (Lipinski definition) is 3. The predicted molar refractivity (Wildman–Crippen MR) is 83.7 cm³/mol. The largest absolute Gasteiger partial charge is 0.469 e. The second-order valence-corrected chi connectivity index (χ2v) is 5.74. The van der Waals surface area contributed by atoms with Gasteiger partial charge in [0.15, 0.2) is 0 Å². The number of carbonyl (C=O) groups excluding carboxylic acids is 1. The van der Waals surface area contributed by atoms with Crippen molar-refractivity contribution >= 4 is 5.97 Å². The van der Waals surface area contributed by atoms with Crippen molar-refractivity contribution in [1.82, 2.24) is 0 Å². The summed E-state index contributed by atoms with van der Waals surface area (Å²) in [6, 6.07) is 0. The van der Waals surface area contributed by atoms with E-state index in [0.29, 0.717) is 6.42 Å². The molecule has 1 atom stereocenters. The van der Waals surface area contributed by atoms with Gasteiger partial charge in [0.1, 0.15) is 0 Å². The number of aliphatic hydroxyl groups is 1. The maximum atomic E-state index is 10.9. The van der Waals surface area contributed by atoms with E-state index in [1.807, 2.05) is 0 Å². The second kappa shape index (κ2) is 14.8. The molecular weight excluding hydrogens is 252 g/mol. The Bertz CT molecular complexity index is 216. The van der Waals surface area contributed by atoms with E-state index >= 15 is 0 Å². The molecule has 0 aromatic heterocycles. The van der Waals surface area contributed by atoms with Crippen molar-refractivity contribution in [2.75, 3.05) is 7.11 Å². The van der Waals surface area contributed by atoms with Crippen LogP contribution in [0.25, 0.3) is 0 Å². The van der Waals surface area contributed by atoms with E-state index in [2.05, 4.69) is 11.7 Å². The average molecular weight is 286 g/mol. The summed E-state index contributed by atoms with van der Waals surface area (Å²) in [7, 11) is 1.44. The Morgan fingerprint density at radius 3 is 1.95 bits per heavy atom. The molecule has 0 fully saturated rings. The fourth-order valence-corrected chi connectivity index (χ4v) is 2.41. The first kappa shape index (κ1) is 19.4. The lowest BCUT2D eigenvalue weighted by atomic mass is 10.0. The quantitative estimate of drug-likeness (QED) is 0.374. The summed E-state index contributed by atoms with van der Waals surface area (Å²) >= 11 is 0. The summed E-state index contributed by atoms with van der Waals surface area (Å²) in [6.45, 7) is 2.19. The molecular formula is C17H34O3. The highest BCUT2D eigenvalue weighted by Gasteiger charge is 2.03. The number of esters is 1. The molecule has 0 aliphatic rings. The summed E-state index contributed by atoms with van der Waals surface area (Å²) < 4.78 is 4.60. The molecule has 0 aliphatic carbocycles. The van der Waals surface area contributed by atoms with Crippen LogP contribution in [0.1, 0.15) is 90.4 Å². The van der Waals surface area contributed by atoms with Gasteiger partial charge in [-0.2, -0.15) is 0 Å². The maximum Gasteiger partial charge on any atom is 0.305 e. The van der Waals surface area contributed by atoms with Crippen LogP contribution in [0, 0.1) is 0 Å². The number of aliphatic hydroxyl groups excluding tert-OH is 1. The second-order valence-electron chi connectivity index (χ2n) is 5.74. The summed E-state index contributed by atoms with van der Waals surface area (Å²) in [6.07, 6.45) is 14.2. The van der Waals surface area contributed by atoms with Crippen LogP contribution in [-0.4, -0.2) is 24.3 Å². The third kappa shape index (κ3) is 13.9. The van der Waals surface area contributed by atoms with Crippen molar-refractivity contribution in [1.29, 1.82) is 0 Å². The summed E-state index contributed by atoms with van der Waals surface area (Å²) in [5.41, 5.74) is 0. The van der Waals surface area contributed by atoms with Gasteiger partial charge >= 0.3 is 5.97 Å². The van der Waals surface area contributed by atoms with Crippen LogP contribution in [0.2, 0.25) is 0 Å². The molecule has 20 heavy (non-hydrogen) atoms. The van der Waals surface area contributed by atoms with Crippen molar-refractivity contribution in [3.63, 3.8) is 0 Å². The van der Waals surface area contributed by atoms with Gasteiger partial charge in [-0.05, 0) is 19.3 Å². The molecule has 0 aliphatic heterocycles. The van der Waals surface area contributed by atoms with E-state index in [1.54, 1.807) is 0 Å². The van der Waals surface area contributed by atoms with E-state index in [-0.39, 0.29) is 12.1 Å².